The number of carbonyl (C=O) groups excluding carboxylic acids is 2. The zero-order chi connectivity index (χ0) is 18.3. The number of benzene rings is 1. The van der Waals surface area contributed by atoms with E-state index in [9.17, 15) is 18.0 Å². The van der Waals surface area contributed by atoms with Gasteiger partial charge in [0.05, 0.1) is 4.90 Å². The molecule has 0 atom stereocenters. The Hall–Kier alpha value is -2.70. The molecule has 0 saturated carbocycles. The van der Waals surface area contributed by atoms with Crippen molar-refractivity contribution in [2.75, 3.05) is 13.2 Å². The number of rotatable bonds is 7. The molecule has 0 amide bonds. The van der Waals surface area contributed by atoms with E-state index in [1.54, 1.807) is 18.2 Å². The second-order valence-electron chi connectivity index (χ2n) is 4.89. The van der Waals surface area contributed by atoms with Crippen molar-refractivity contribution in [2.45, 2.75) is 18.7 Å². The molecular formula is C15H17N3O5S. The summed E-state index contributed by atoms with van der Waals surface area (Å²) in [5.41, 5.74) is 5.95. The third-order valence-corrected chi connectivity index (χ3v) is 4.30. The van der Waals surface area contributed by atoms with Crippen molar-refractivity contribution < 1.29 is 22.7 Å². The molecule has 8 nitrogen and oxygen atoms in total. The zero-order valence-corrected chi connectivity index (χ0v) is 14.0. The molecule has 0 unspecified atom stereocenters. The number of allylic oxidation sites excluding steroid dienone is 1. The highest BCUT2D eigenvalue weighted by Gasteiger charge is 2.18. The molecule has 1 rings (SSSR count). The van der Waals surface area contributed by atoms with Crippen LogP contribution in [0.2, 0.25) is 0 Å². The fraction of sp³-hybridized carbons (Fsp3) is 0.267. The summed E-state index contributed by atoms with van der Waals surface area (Å²) in [6, 6.07) is 7.66. The number of carbonyl (C=O) groups is 2. The van der Waals surface area contributed by atoms with E-state index >= 15 is 0 Å². The van der Waals surface area contributed by atoms with Gasteiger partial charge in [0.2, 0.25) is 15.8 Å². The normalized spacial score (nSPS) is 12.0. The summed E-state index contributed by atoms with van der Waals surface area (Å²) in [5, 5.41) is 8.75. The smallest absolute Gasteiger partial charge is 0.321 e. The molecule has 9 heteroatoms. The van der Waals surface area contributed by atoms with Gasteiger partial charge in [-0.25, -0.2) is 8.42 Å². The fourth-order valence-electron chi connectivity index (χ4n) is 1.59. The van der Waals surface area contributed by atoms with Crippen LogP contribution in [0.4, 0.5) is 0 Å². The van der Waals surface area contributed by atoms with Crippen molar-refractivity contribution in [3.8, 4) is 6.07 Å². The molecule has 1 aromatic rings. The van der Waals surface area contributed by atoms with Gasteiger partial charge < -0.3 is 10.5 Å². The Bertz CT molecular complexity index is 801. The highest BCUT2D eigenvalue weighted by molar-refractivity contribution is 7.89. The lowest BCUT2D eigenvalue weighted by Gasteiger charge is -2.07. The van der Waals surface area contributed by atoms with Gasteiger partial charge in [-0.2, -0.15) is 9.98 Å². The van der Waals surface area contributed by atoms with Gasteiger partial charge in [-0.05, 0) is 26.0 Å². The highest BCUT2D eigenvalue weighted by Crippen LogP contribution is 2.09. The summed E-state index contributed by atoms with van der Waals surface area (Å²) >= 11 is 0. The number of ketones is 1. The van der Waals surface area contributed by atoms with E-state index in [-0.39, 0.29) is 16.2 Å². The van der Waals surface area contributed by atoms with Crippen LogP contribution < -0.4 is 10.5 Å². The lowest BCUT2D eigenvalue weighted by molar-refractivity contribution is -0.145. The Morgan fingerprint density at radius 3 is 2.38 bits per heavy atom. The van der Waals surface area contributed by atoms with Crippen LogP contribution in [0, 0.1) is 18.3 Å². The second kappa shape index (κ2) is 8.24. The van der Waals surface area contributed by atoms with E-state index in [0.29, 0.717) is 0 Å². The molecule has 0 spiro atoms. The monoisotopic (exact) mass is 351 g/mol. The minimum Gasteiger partial charge on any atom is -0.456 e. The largest absolute Gasteiger partial charge is 0.456 e. The van der Waals surface area contributed by atoms with Crippen LogP contribution in [0.25, 0.3) is 0 Å². The van der Waals surface area contributed by atoms with Gasteiger partial charge in [0, 0.05) is 5.70 Å². The van der Waals surface area contributed by atoms with Crippen LogP contribution in [-0.2, 0) is 24.3 Å². The first-order chi connectivity index (χ1) is 11.2. The molecule has 128 valence electrons. The minimum absolute atomic E-state index is 0.00503. The lowest BCUT2D eigenvalue weighted by Crippen LogP contribution is -2.31. The molecule has 0 aromatic heterocycles. The first kappa shape index (κ1) is 19.3. The number of nitrogens with one attached hydrogen (secondary N) is 1. The molecule has 0 aliphatic rings. The molecule has 0 radical (unpaired) electrons. The quantitative estimate of drug-likeness (QED) is 0.404. The number of nitrogens with zero attached hydrogens (tertiary/aromatic N) is 1. The van der Waals surface area contributed by atoms with Crippen molar-refractivity contribution in [2.24, 2.45) is 5.73 Å². The Morgan fingerprint density at radius 2 is 1.88 bits per heavy atom. The molecule has 0 aliphatic carbocycles. The Morgan fingerprint density at radius 1 is 1.29 bits per heavy atom. The summed E-state index contributed by atoms with van der Waals surface area (Å²) in [6.07, 6.45) is 0. The Labute approximate surface area is 140 Å². The van der Waals surface area contributed by atoms with Gasteiger partial charge in [0.25, 0.3) is 0 Å². The average molecular weight is 351 g/mol. The van der Waals surface area contributed by atoms with Gasteiger partial charge >= 0.3 is 5.97 Å². The van der Waals surface area contributed by atoms with Crippen molar-refractivity contribution in [3.63, 3.8) is 0 Å². The maximum Gasteiger partial charge on any atom is 0.321 e. The van der Waals surface area contributed by atoms with Crippen LogP contribution in [0.3, 0.4) is 0 Å². The van der Waals surface area contributed by atoms with E-state index in [1.807, 2.05) is 6.92 Å². The van der Waals surface area contributed by atoms with Gasteiger partial charge in [-0.3, -0.25) is 9.59 Å². The van der Waals surface area contributed by atoms with E-state index in [2.05, 4.69) is 9.46 Å². The van der Waals surface area contributed by atoms with Crippen molar-refractivity contribution in [3.05, 3.63) is 41.1 Å². The predicted octanol–water partition coefficient (Wildman–Crippen LogP) is 0.142. The van der Waals surface area contributed by atoms with Crippen LogP contribution in [0.5, 0.6) is 0 Å². The maximum absolute atomic E-state index is 12.0. The zero-order valence-electron chi connectivity index (χ0n) is 13.2. The van der Waals surface area contributed by atoms with E-state index < -0.39 is 34.9 Å². The molecule has 0 aliphatic heterocycles. The molecule has 3 N–H and O–H groups in total. The fourth-order valence-corrected chi connectivity index (χ4v) is 2.56. The number of hydrogen-bond donors (Lipinski definition) is 2. The van der Waals surface area contributed by atoms with Crippen LogP contribution in [0.1, 0.15) is 12.5 Å². The minimum atomic E-state index is -3.86. The predicted molar refractivity (Wildman–Crippen MR) is 84.8 cm³/mol. The number of aryl methyl sites for hydroxylation is 1. The number of esters is 1. The Balaban J connectivity index is 2.58. The van der Waals surface area contributed by atoms with Gasteiger partial charge in [0.1, 0.15) is 18.2 Å². The third-order valence-electron chi connectivity index (χ3n) is 2.89. The number of ether oxygens (including phenoxy) is 1. The average Bonchev–Trinajstić information content (AvgIpc) is 2.51. The SMILES string of the molecule is CC(N)=C(C#N)C(=O)COC(=O)CNS(=O)(=O)c1ccc(C)cc1. The van der Waals surface area contributed by atoms with E-state index in [0.717, 1.165) is 5.56 Å². The maximum atomic E-state index is 12.0. The summed E-state index contributed by atoms with van der Waals surface area (Å²) in [5.74, 6) is -1.71. The van der Waals surface area contributed by atoms with Crippen LogP contribution in [-0.4, -0.2) is 33.3 Å². The summed E-state index contributed by atoms with van der Waals surface area (Å²) in [4.78, 5) is 23.1. The van der Waals surface area contributed by atoms with Crippen molar-refractivity contribution >= 4 is 21.8 Å². The van der Waals surface area contributed by atoms with E-state index in [1.165, 1.54) is 19.1 Å². The van der Waals surface area contributed by atoms with Crippen molar-refractivity contribution in [1.82, 2.24) is 4.72 Å². The number of sulfonamides is 1. The van der Waals surface area contributed by atoms with E-state index in [4.69, 9.17) is 11.0 Å². The van der Waals surface area contributed by atoms with Crippen molar-refractivity contribution in [1.29, 1.82) is 5.26 Å². The number of nitriles is 1. The van der Waals surface area contributed by atoms with Gasteiger partial charge in [-0.1, -0.05) is 17.7 Å². The third kappa shape index (κ3) is 5.49. The number of hydrogen-bond acceptors (Lipinski definition) is 7. The van der Waals surface area contributed by atoms with Crippen LogP contribution in [0.15, 0.2) is 40.4 Å². The molecule has 0 heterocycles. The Kier molecular flexibility index (Phi) is 6.64. The molecule has 1 aromatic carbocycles. The molecule has 0 fully saturated rings. The first-order valence-electron chi connectivity index (χ1n) is 6.79. The first-order valence-corrected chi connectivity index (χ1v) is 8.27. The summed E-state index contributed by atoms with van der Waals surface area (Å²) in [7, 11) is -3.86. The second-order valence-corrected chi connectivity index (χ2v) is 6.66. The number of nitrogens with two attached hydrogens (primary N) is 1. The summed E-state index contributed by atoms with van der Waals surface area (Å²) in [6.45, 7) is 1.85. The standard InChI is InChI=1S/C15H17N3O5S/c1-10-3-5-12(6-4-10)24(21,22)18-8-15(20)23-9-14(19)13(7-16)11(2)17/h3-6,18H,8-9,17H2,1-2H3. The lowest BCUT2D eigenvalue weighted by atomic mass is 10.1. The highest BCUT2D eigenvalue weighted by atomic mass is 32.2. The number of Topliss-reactive ketones (excluding diaryl/α,β-unsaturated/α-hetero) is 1. The van der Waals surface area contributed by atoms with Crippen LogP contribution >= 0.6 is 0 Å². The topological polar surface area (TPSA) is 139 Å². The summed E-state index contributed by atoms with van der Waals surface area (Å²) < 4.78 is 30.7. The molecule has 24 heavy (non-hydrogen) atoms. The van der Waals surface area contributed by atoms with Gasteiger partial charge in [-0.15, -0.1) is 0 Å². The molecule has 0 saturated heterocycles. The molecular weight excluding hydrogens is 334 g/mol. The molecule has 0 bridgehead atoms. The van der Waals surface area contributed by atoms with Gasteiger partial charge in [0.15, 0.2) is 6.61 Å².